The van der Waals surface area contributed by atoms with Gasteiger partial charge in [0.1, 0.15) is 0 Å². The van der Waals surface area contributed by atoms with E-state index in [1.165, 1.54) is 134 Å². The van der Waals surface area contributed by atoms with Crippen LogP contribution in [0.25, 0.3) is 0 Å². The second-order valence-electron chi connectivity index (χ2n) is 9.42. The first-order valence-corrected chi connectivity index (χ1v) is 13.6. The first-order chi connectivity index (χ1) is 14.9. The highest BCUT2D eigenvalue weighted by molar-refractivity contribution is 5.14. The SMILES string of the molecule is CCCCCCCCCCCN(CCCCCCCCCCC)Cc1ccccc1. The van der Waals surface area contributed by atoms with Gasteiger partial charge in [-0.2, -0.15) is 0 Å². The van der Waals surface area contributed by atoms with E-state index in [2.05, 4.69) is 49.1 Å². The van der Waals surface area contributed by atoms with Gasteiger partial charge in [-0.1, -0.05) is 147 Å². The summed E-state index contributed by atoms with van der Waals surface area (Å²) in [6, 6.07) is 11.1. The topological polar surface area (TPSA) is 3.24 Å². The number of unbranched alkanes of at least 4 members (excludes halogenated alkanes) is 16. The Bertz CT molecular complexity index is 419. The average Bonchev–Trinajstić information content (AvgIpc) is 2.77. The van der Waals surface area contributed by atoms with E-state index in [-0.39, 0.29) is 0 Å². The fourth-order valence-corrected chi connectivity index (χ4v) is 4.40. The van der Waals surface area contributed by atoms with Crippen molar-refractivity contribution < 1.29 is 0 Å². The van der Waals surface area contributed by atoms with Gasteiger partial charge in [-0.05, 0) is 31.5 Å². The van der Waals surface area contributed by atoms with Gasteiger partial charge in [-0.3, -0.25) is 4.90 Å². The molecule has 0 aromatic heterocycles. The molecule has 1 rings (SSSR count). The highest BCUT2D eigenvalue weighted by Gasteiger charge is 2.06. The van der Waals surface area contributed by atoms with E-state index in [1.807, 2.05) is 0 Å². The lowest BCUT2D eigenvalue weighted by molar-refractivity contribution is 0.252. The molecule has 0 aliphatic rings. The monoisotopic (exact) mass is 415 g/mol. The summed E-state index contributed by atoms with van der Waals surface area (Å²) in [4.78, 5) is 2.72. The van der Waals surface area contributed by atoms with Crippen molar-refractivity contribution in [1.29, 1.82) is 0 Å². The van der Waals surface area contributed by atoms with Gasteiger partial charge in [0.05, 0.1) is 0 Å². The lowest BCUT2D eigenvalue weighted by atomic mass is 10.1. The van der Waals surface area contributed by atoms with E-state index in [1.54, 1.807) is 0 Å². The Morgan fingerprint density at radius 2 is 0.833 bits per heavy atom. The second kappa shape index (κ2) is 21.4. The van der Waals surface area contributed by atoms with Crippen LogP contribution in [0.1, 0.15) is 135 Å². The van der Waals surface area contributed by atoms with Crippen molar-refractivity contribution in [3.8, 4) is 0 Å². The maximum Gasteiger partial charge on any atom is 0.0233 e. The van der Waals surface area contributed by atoms with Crippen molar-refractivity contribution in [2.45, 2.75) is 136 Å². The van der Waals surface area contributed by atoms with Gasteiger partial charge >= 0.3 is 0 Å². The minimum absolute atomic E-state index is 1.13. The first kappa shape index (κ1) is 27.2. The number of rotatable bonds is 22. The van der Waals surface area contributed by atoms with Crippen LogP contribution in [-0.2, 0) is 6.54 Å². The summed E-state index contributed by atoms with van der Waals surface area (Å²) in [7, 11) is 0. The van der Waals surface area contributed by atoms with Gasteiger partial charge in [0.15, 0.2) is 0 Å². The van der Waals surface area contributed by atoms with Crippen LogP contribution in [-0.4, -0.2) is 18.0 Å². The molecule has 0 N–H and O–H groups in total. The Morgan fingerprint density at radius 1 is 0.467 bits per heavy atom. The van der Waals surface area contributed by atoms with Gasteiger partial charge in [0, 0.05) is 6.54 Å². The zero-order valence-corrected chi connectivity index (χ0v) is 20.7. The highest BCUT2D eigenvalue weighted by Crippen LogP contribution is 2.13. The highest BCUT2D eigenvalue weighted by atomic mass is 15.1. The average molecular weight is 416 g/mol. The molecule has 0 aliphatic heterocycles. The van der Waals surface area contributed by atoms with Crippen molar-refractivity contribution in [1.82, 2.24) is 4.90 Å². The van der Waals surface area contributed by atoms with E-state index in [9.17, 15) is 0 Å². The van der Waals surface area contributed by atoms with Crippen molar-refractivity contribution in [2.75, 3.05) is 13.1 Å². The minimum Gasteiger partial charge on any atom is -0.299 e. The molecule has 0 fully saturated rings. The van der Waals surface area contributed by atoms with Crippen molar-refractivity contribution in [3.63, 3.8) is 0 Å². The molecular weight excluding hydrogens is 362 g/mol. The van der Waals surface area contributed by atoms with E-state index in [0.29, 0.717) is 0 Å². The summed E-state index contributed by atoms with van der Waals surface area (Å²) in [5.74, 6) is 0. The molecule has 0 bridgehead atoms. The summed E-state index contributed by atoms with van der Waals surface area (Å²) in [6.45, 7) is 8.30. The standard InChI is InChI=1S/C29H53N/c1-3-5-7-9-11-13-15-17-22-26-30(28-29-24-20-19-21-25-29)27-23-18-16-14-12-10-8-6-4-2/h19-21,24-25H,3-18,22-23,26-28H2,1-2H3. The van der Waals surface area contributed by atoms with Crippen LogP contribution in [0.5, 0.6) is 0 Å². The summed E-state index contributed by atoms with van der Waals surface area (Å²) >= 11 is 0. The normalized spacial score (nSPS) is 11.4. The van der Waals surface area contributed by atoms with Crippen molar-refractivity contribution in [2.24, 2.45) is 0 Å². The Labute approximate surface area is 190 Å². The van der Waals surface area contributed by atoms with Crippen LogP contribution in [0.2, 0.25) is 0 Å². The van der Waals surface area contributed by atoms with Crippen molar-refractivity contribution >= 4 is 0 Å². The molecule has 0 atom stereocenters. The number of benzene rings is 1. The van der Waals surface area contributed by atoms with Gasteiger partial charge < -0.3 is 0 Å². The van der Waals surface area contributed by atoms with Gasteiger partial charge in [-0.25, -0.2) is 0 Å². The van der Waals surface area contributed by atoms with Gasteiger partial charge in [0.25, 0.3) is 0 Å². The van der Waals surface area contributed by atoms with Gasteiger partial charge in [0.2, 0.25) is 0 Å². The van der Waals surface area contributed by atoms with E-state index < -0.39 is 0 Å². The Morgan fingerprint density at radius 3 is 1.23 bits per heavy atom. The Balaban J connectivity index is 2.14. The van der Waals surface area contributed by atoms with E-state index in [0.717, 1.165) is 6.54 Å². The third-order valence-corrected chi connectivity index (χ3v) is 6.40. The number of hydrogen-bond donors (Lipinski definition) is 0. The van der Waals surface area contributed by atoms with Crippen LogP contribution in [0.15, 0.2) is 30.3 Å². The molecule has 0 saturated carbocycles. The molecule has 0 radical (unpaired) electrons. The number of hydrogen-bond acceptors (Lipinski definition) is 1. The molecule has 0 spiro atoms. The molecule has 0 amide bonds. The molecule has 0 aliphatic carbocycles. The zero-order valence-electron chi connectivity index (χ0n) is 20.7. The van der Waals surface area contributed by atoms with E-state index in [4.69, 9.17) is 0 Å². The lowest BCUT2D eigenvalue weighted by Crippen LogP contribution is -2.25. The van der Waals surface area contributed by atoms with Crippen LogP contribution in [0, 0.1) is 0 Å². The molecule has 0 unspecified atom stereocenters. The number of nitrogens with zero attached hydrogens (tertiary/aromatic N) is 1. The molecule has 0 saturated heterocycles. The Hall–Kier alpha value is -0.820. The summed E-state index contributed by atoms with van der Waals surface area (Å²) in [5.41, 5.74) is 1.48. The maximum atomic E-state index is 2.72. The molecule has 1 aromatic rings. The van der Waals surface area contributed by atoms with E-state index >= 15 is 0 Å². The lowest BCUT2D eigenvalue weighted by Gasteiger charge is -2.22. The van der Waals surface area contributed by atoms with Crippen LogP contribution in [0.4, 0.5) is 0 Å². The molecule has 174 valence electrons. The first-order valence-electron chi connectivity index (χ1n) is 13.6. The third-order valence-electron chi connectivity index (χ3n) is 6.40. The molecular formula is C29H53N. The van der Waals surface area contributed by atoms with Crippen LogP contribution < -0.4 is 0 Å². The summed E-state index contributed by atoms with van der Waals surface area (Å²) in [5, 5.41) is 0. The largest absolute Gasteiger partial charge is 0.299 e. The predicted molar refractivity (Wildman–Crippen MR) is 136 cm³/mol. The second-order valence-corrected chi connectivity index (χ2v) is 9.42. The molecule has 0 heterocycles. The minimum atomic E-state index is 1.13. The molecule has 1 aromatic carbocycles. The third kappa shape index (κ3) is 16.9. The van der Waals surface area contributed by atoms with Crippen LogP contribution in [0.3, 0.4) is 0 Å². The molecule has 1 nitrogen and oxygen atoms in total. The predicted octanol–water partition coefficient (Wildman–Crippen LogP) is 9.55. The fraction of sp³-hybridized carbons (Fsp3) is 0.793. The van der Waals surface area contributed by atoms with Crippen LogP contribution >= 0.6 is 0 Å². The quantitative estimate of drug-likeness (QED) is 0.170. The molecule has 1 heteroatoms. The smallest absolute Gasteiger partial charge is 0.0233 e. The maximum absolute atomic E-state index is 2.72. The molecule has 30 heavy (non-hydrogen) atoms. The fourth-order valence-electron chi connectivity index (χ4n) is 4.40. The van der Waals surface area contributed by atoms with Crippen molar-refractivity contribution in [3.05, 3.63) is 35.9 Å². The zero-order chi connectivity index (χ0) is 21.5. The Kier molecular flexibility index (Phi) is 19.4. The summed E-state index contributed by atoms with van der Waals surface area (Å²) in [6.07, 6.45) is 25.6. The summed E-state index contributed by atoms with van der Waals surface area (Å²) < 4.78 is 0. The van der Waals surface area contributed by atoms with Gasteiger partial charge in [-0.15, -0.1) is 0 Å².